The number of nitrogens with zero attached hydrogens (tertiary/aromatic N) is 3. The highest BCUT2D eigenvalue weighted by atomic mass is 16.5. The molecule has 4 N–H and O–H groups in total. The number of nitrogens with two attached hydrogens (primary N) is 1. The van der Waals surface area contributed by atoms with Crippen molar-refractivity contribution in [2.24, 2.45) is 0 Å². The Labute approximate surface area is 192 Å². The molecule has 2 heterocycles. The lowest BCUT2D eigenvalue weighted by Gasteiger charge is -2.29. The SMILES string of the molecule is Cc1cc(C#N)cnc1C(=O)Nc1ccc(N)c(C(=N)c2ccc(N3CCOCC3)cc2)c1. The highest BCUT2D eigenvalue weighted by molar-refractivity contribution is 6.15. The minimum absolute atomic E-state index is 0.237. The molecule has 1 saturated heterocycles. The summed E-state index contributed by atoms with van der Waals surface area (Å²) in [5.41, 5.74) is 11.0. The van der Waals surface area contributed by atoms with Crippen molar-refractivity contribution in [2.75, 3.05) is 42.3 Å². The number of nitriles is 1. The molecular formula is C25H24N6O2. The van der Waals surface area contributed by atoms with Gasteiger partial charge >= 0.3 is 0 Å². The van der Waals surface area contributed by atoms with Gasteiger partial charge in [0.15, 0.2) is 0 Å². The maximum Gasteiger partial charge on any atom is 0.274 e. The normalized spacial score (nSPS) is 13.3. The Balaban J connectivity index is 1.52. The summed E-state index contributed by atoms with van der Waals surface area (Å²) < 4.78 is 5.40. The van der Waals surface area contributed by atoms with Gasteiger partial charge in [-0.3, -0.25) is 10.2 Å². The molecule has 1 amide bonds. The predicted molar refractivity (Wildman–Crippen MR) is 128 cm³/mol. The summed E-state index contributed by atoms with van der Waals surface area (Å²) in [4.78, 5) is 19.1. The lowest BCUT2D eigenvalue weighted by Crippen LogP contribution is -2.36. The Morgan fingerprint density at radius 3 is 2.58 bits per heavy atom. The first-order chi connectivity index (χ1) is 16.0. The van der Waals surface area contributed by atoms with Crippen LogP contribution in [0.25, 0.3) is 0 Å². The van der Waals surface area contributed by atoms with Crippen LogP contribution < -0.4 is 16.0 Å². The van der Waals surface area contributed by atoms with Crippen molar-refractivity contribution in [3.05, 3.63) is 82.7 Å². The Morgan fingerprint density at radius 2 is 1.91 bits per heavy atom. The third kappa shape index (κ3) is 4.84. The van der Waals surface area contributed by atoms with Gasteiger partial charge in [0.25, 0.3) is 5.91 Å². The fourth-order valence-electron chi connectivity index (χ4n) is 3.73. The molecule has 8 heteroatoms. The molecule has 0 aliphatic carbocycles. The van der Waals surface area contributed by atoms with Crippen molar-refractivity contribution in [1.29, 1.82) is 10.7 Å². The van der Waals surface area contributed by atoms with Crippen LogP contribution in [0.1, 0.15) is 32.7 Å². The molecule has 8 nitrogen and oxygen atoms in total. The minimum Gasteiger partial charge on any atom is -0.398 e. The lowest BCUT2D eigenvalue weighted by molar-refractivity contribution is 0.102. The van der Waals surface area contributed by atoms with E-state index in [1.54, 1.807) is 31.2 Å². The standard InChI is InChI=1S/C25H24N6O2/c1-16-12-17(14-26)15-29-24(16)25(32)30-19-4-7-22(27)21(13-19)23(28)18-2-5-20(6-3-18)31-8-10-33-11-9-31/h2-7,12-13,15,28H,8-11,27H2,1H3,(H,30,32). The second-order valence-corrected chi connectivity index (χ2v) is 7.78. The Kier molecular flexibility index (Phi) is 6.33. The van der Waals surface area contributed by atoms with Gasteiger partial charge in [0.05, 0.1) is 24.5 Å². The summed E-state index contributed by atoms with van der Waals surface area (Å²) in [5, 5.41) is 20.5. The van der Waals surface area contributed by atoms with Gasteiger partial charge in [-0.1, -0.05) is 12.1 Å². The van der Waals surface area contributed by atoms with Crippen LogP contribution in [0.5, 0.6) is 0 Å². The first kappa shape index (κ1) is 22.0. The molecule has 1 aromatic heterocycles. The number of anilines is 3. The maximum atomic E-state index is 12.7. The van der Waals surface area contributed by atoms with Crippen molar-refractivity contribution in [1.82, 2.24) is 4.98 Å². The van der Waals surface area contributed by atoms with E-state index in [4.69, 9.17) is 21.1 Å². The topological polar surface area (TPSA) is 128 Å². The summed E-state index contributed by atoms with van der Waals surface area (Å²) in [5.74, 6) is -0.394. The van der Waals surface area contributed by atoms with Crippen LogP contribution in [-0.2, 0) is 4.74 Å². The molecule has 1 aliphatic rings. The van der Waals surface area contributed by atoms with Gasteiger partial charge in [-0.2, -0.15) is 5.26 Å². The van der Waals surface area contributed by atoms with Crippen LogP contribution in [-0.4, -0.2) is 42.9 Å². The number of hydrogen-bond donors (Lipinski definition) is 3. The average Bonchev–Trinajstić information content (AvgIpc) is 2.85. The Hall–Kier alpha value is -4.22. The highest BCUT2D eigenvalue weighted by Gasteiger charge is 2.16. The molecule has 166 valence electrons. The molecule has 0 saturated carbocycles. The number of carbonyl (C=O) groups is 1. The molecule has 0 unspecified atom stereocenters. The number of hydrogen-bond acceptors (Lipinski definition) is 7. The second kappa shape index (κ2) is 9.51. The largest absolute Gasteiger partial charge is 0.398 e. The number of rotatable bonds is 5. The fourth-order valence-corrected chi connectivity index (χ4v) is 3.73. The van der Waals surface area contributed by atoms with E-state index < -0.39 is 5.91 Å². The third-order valence-electron chi connectivity index (χ3n) is 5.54. The number of nitrogens with one attached hydrogen (secondary N) is 2. The van der Waals surface area contributed by atoms with Gasteiger partial charge in [-0.05, 0) is 48.9 Å². The zero-order valence-electron chi connectivity index (χ0n) is 18.3. The Bertz CT molecular complexity index is 1240. The van der Waals surface area contributed by atoms with Crippen LogP contribution in [0.3, 0.4) is 0 Å². The fraction of sp³-hybridized carbons (Fsp3) is 0.200. The lowest BCUT2D eigenvalue weighted by atomic mass is 9.99. The molecular weight excluding hydrogens is 416 g/mol. The maximum absolute atomic E-state index is 12.7. The molecule has 2 aromatic carbocycles. The van der Waals surface area contributed by atoms with Crippen LogP contribution in [0.2, 0.25) is 0 Å². The number of pyridine rings is 1. The summed E-state index contributed by atoms with van der Waals surface area (Å²) in [6.45, 7) is 4.85. The molecule has 0 spiro atoms. The molecule has 0 atom stereocenters. The number of amides is 1. The Morgan fingerprint density at radius 1 is 1.18 bits per heavy atom. The zero-order valence-corrected chi connectivity index (χ0v) is 18.3. The second-order valence-electron chi connectivity index (χ2n) is 7.78. The number of nitrogen functional groups attached to an aromatic ring is 1. The van der Waals surface area contributed by atoms with Crippen LogP contribution >= 0.6 is 0 Å². The highest BCUT2D eigenvalue weighted by Crippen LogP contribution is 2.24. The van der Waals surface area contributed by atoms with E-state index in [0.29, 0.717) is 41.3 Å². The summed E-state index contributed by atoms with van der Waals surface area (Å²) in [7, 11) is 0. The minimum atomic E-state index is -0.394. The van der Waals surface area contributed by atoms with Crippen LogP contribution in [0.4, 0.5) is 17.1 Å². The van der Waals surface area contributed by atoms with Crippen LogP contribution in [0, 0.1) is 23.7 Å². The quantitative estimate of drug-likeness (QED) is 0.412. The third-order valence-corrected chi connectivity index (χ3v) is 5.54. The van der Waals surface area contributed by atoms with Crippen molar-refractivity contribution >= 4 is 28.7 Å². The van der Waals surface area contributed by atoms with Crippen molar-refractivity contribution in [2.45, 2.75) is 6.92 Å². The summed E-state index contributed by atoms with van der Waals surface area (Å²) >= 11 is 0. The average molecular weight is 441 g/mol. The molecule has 1 fully saturated rings. The van der Waals surface area contributed by atoms with Crippen molar-refractivity contribution in [3.63, 3.8) is 0 Å². The van der Waals surface area contributed by atoms with E-state index in [9.17, 15) is 4.79 Å². The number of benzene rings is 2. The van der Waals surface area contributed by atoms with E-state index in [2.05, 4.69) is 15.2 Å². The number of morpholine rings is 1. The molecule has 3 aromatic rings. The van der Waals surface area contributed by atoms with Gasteiger partial charge < -0.3 is 20.7 Å². The smallest absolute Gasteiger partial charge is 0.274 e. The molecule has 0 bridgehead atoms. The zero-order chi connectivity index (χ0) is 23.4. The van der Waals surface area contributed by atoms with Gasteiger partial charge in [0.1, 0.15) is 11.8 Å². The van der Waals surface area contributed by atoms with Gasteiger partial charge in [0.2, 0.25) is 0 Å². The van der Waals surface area contributed by atoms with Crippen LogP contribution in [0.15, 0.2) is 54.7 Å². The molecule has 0 radical (unpaired) electrons. The van der Waals surface area contributed by atoms with Gasteiger partial charge in [0, 0.05) is 47.5 Å². The van der Waals surface area contributed by atoms with Crippen molar-refractivity contribution < 1.29 is 9.53 Å². The predicted octanol–water partition coefficient (Wildman–Crippen LogP) is 3.35. The van der Waals surface area contributed by atoms with Crippen molar-refractivity contribution in [3.8, 4) is 6.07 Å². The summed E-state index contributed by atoms with van der Waals surface area (Å²) in [6.07, 6.45) is 1.37. The van der Waals surface area contributed by atoms with E-state index in [0.717, 1.165) is 24.3 Å². The number of ether oxygens (including phenoxy) is 1. The van der Waals surface area contributed by atoms with E-state index in [1.807, 2.05) is 30.3 Å². The number of aromatic nitrogens is 1. The monoisotopic (exact) mass is 440 g/mol. The number of carbonyl (C=O) groups excluding carboxylic acids is 1. The number of aryl methyl sites for hydroxylation is 1. The molecule has 1 aliphatic heterocycles. The van der Waals surface area contributed by atoms with Gasteiger partial charge in [-0.15, -0.1) is 0 Å². The first-order valence-corrected chi connectivity index (χ1v) is 10.6. The molecule has 33 heavy (non-hydrogen) atoms. The van der Waals surface area contributed by atoms with Gasteiger partial charge in [-0.25, -0.2) is 4.98 Å². The van der Waals surface area contributed by atoms with E-state index in [1.165, 1.54) is 6.20 Å². The first-order valence-electron chi connectivity index (χ1n) is 10.6. The summed E-state index contributed by atoms with van der Waals surface area (Å²) in [6, 6.07) is 16.5. The van der Waals surface area contributed by atoms with E-state index >= 15 is 0 Å². The molecule has 4 rings (SSSR count). The van der Waals surface area contributed by atoms with E-state index in [-0.39, 0.29) is 11.4 Å².